The van der Waals surface area contributed by atoms with Crippen molar-refractivity contribution in [2.45, 2.75) is 30.6 Å². The first-order chi connectivity index (χ1) is 9.33. The van der Waals surface area contributed by atoms with E-state index in [2.05, 4.69) is 0 Å². The number of carbonyl (C=O) groups is 1. The molecule has 7 heteroatoms. The molecule has 0 atom stereocenters. The van der Waals surface area contributed by atoms with Gasteiger partial charge >= 0.3 is 0 Å². The minimum Gasteiger partial charge on any atom is -0.337 e. The third-order valence-electron chi connectivity index (χ3n) is 4.11. The molecule has 1 aliphatic heterocycles. The summed E-state index contributed by atoms with van der Waals surface area (Å²) in [7, 11) is -3.88. The second kappa shape index (κ2) is 4.26. The zero-order valence-corrected chi connectivity index (χ0v) is 11.6. The first-order valence-electron chi connectivity index (χ1n) is 6.42. The fraction of sp³-hybridized carbons (Fsp3) is 0.462. The maximum Gasteiger partial charge on any atom is 0.245 e. The van der Waals surface area contributed by atoms with Crippen LogP contribution in [-0.2, 0) is 27.8 Å². The van der Waals surface area contributed by atoms with Crippen LogP contribution in [0.4, 0.5) is 4.39 Å². The summed E-state index contributed by atoms with van der Waals surface area (Å²) in [4.78, 5) is 13.9. The average molecular weight is 298 g/mol. The van der Waals surface area contributed by atoms with Crippen molar-refractivity contribution in [3.8, 4) is 0 Å². The summed E-state index contributed by atoms with van der Waals surface area (Å²) in [6.45, 7) is 0.707. The van der Waals surface area contributed by atoms with Gasteiger partial charge in [0.2, 0.25) is 15.9 Å². The van der Waals surface area contributed by atoms with E-state index in [1.807, 2.05) is 0 Å². The van der Waals surface area contributed by atoms with E-state index in [0.29, 0.717) is 19.5 Å². The SMILES string of the molecule is NS(=O)(=O)C1(C(=O)N2CCc3cc(F)ccc3C2)CC1. The highest BCUT2D eigenvalue weighted by molar-refractivity contribution is 7.91. The molecule has 1 heterocycles. The van der Waals surface area contributed by atoms with E-state index in [-0.39, 0.29) is 18.7 Å². The Bertz CT molecular complexity index is 683. The van der Waals surface area contributed by atoms with Gasteiger partial charge in [0.15, 0.2) is 4.75 Å². The smallest absolute Gasteiger partial charge is 0.245 e. The highest BCUT2D eigenvalue weighted by Crippen LogP contribution is 2.44. The normalized spacial score (nSPS) is 20.4. The molecule has 5 nitrogen and oxygen atoms in total. The van der Waals surface area contributed by atoms with E-state index in [9.17, 15) is 17.6 Å². The molecule has 2 aliphatic rings. The number of benzene rings is 1. The minimum atomic E-state index is -3.88. The van der Waals surface area contributed by atoms with Gasteiger partial charge in [-0.1, -0.05) is 6.07 Å². The van der Waals surface area contributed by atoms with Crippen LogP contribution in [0.1, 0.15) is 24.0 Å². The van der Waals surface area contributed by atoms with Crippen LogP contribution < -0.4 is 5.14 Å². The molecule has 0 radical (unpaired) electrons. The van der Waals surface area contributed by atoms with Gasteiger partial charge in [-0.05, 0) is 42.5 Å². The number of nitrogens with two attached hydrogens (primary N) is 1. The number of halogens is 1. The number of sulfonamides is 1. The van der Waals surface area contributed by atoms with Crippen LogP contribution >= 0.6 is 0 Å². The number of hydrogen-bond donors (Lipinski definition) is 1. The summed E-state index contributed by atoms with van der Waals surface area (Å²) in [6.07, 6.45) is 1.11. The highest BCUT2D eigenvalue weighted by atomic mass is 32.2. The molecule has 108 valence electrons. The Kier molecular flexibility index (Phi) is 2.88. The molecule has 0 spiro atoms. The Morgan fingerprint density at radius 3 is 2.60 bits per heavy atom. The summed E-state index contributed by atoms with van der Waals surface area (Å²) < 4.78 is 34.9. The summed E-state index contributed by atoms with van der Waals surface area (Å²) in [5.74, 6) is -0.721. The molecule has 2 N–H and O–H groups in total. The Morgan fingerprint density at radius 2 is 2.00 bits per heavy atom. The Balaban J connectivity index is 1.85. The number of nitrogens with zero attached hydrogens (tertiary/aromatic N) is 1. The Hall–Kier alpha value is -1.47. The van der Waals surface area contributed by atoms with E-state index in [1.54, 1.807) is 6.07 Å². The Morgan fingerprint density at radius 1 is 1.30 bits per heavy atom. The van der Waals surface area contributed by atoms with Crippen molar-refractivity contribution in [1.29, 1.82) is 0 Å². The summed E-state index contributed by atoms with van der Waals surface area (Å²) in [5, 5.41) is 5.17. The van der Waals surface area contributed by atoms with Gasteiger partial charge in [0.1, 0.15) is 5.82 Å². The van der Waals surface area contributed by atoms with Crippen LogP contribution in [0, 0.1) is 5.82 Å². The van der Waals surface area contributed by atoms with Crippen LogP contribution in [0.3, 0.4) is 0 Å². The molecule has 1 aromatic carbocycles. The van der Waals surface area contributed by atoms with Gasteiger partial charge in [-0.25, -0.2) is 17.9 Å². The van der Waals surface area contributed by atoms with Gasteiger partial charge in [0.25, 0.3) is 0 Å². The maximum atomic E-state index is 13.1. The number of hydrogen-bond acceptors (Lipinski definition) is 3. The fourth-order valence-corrected chi connectivity index (χ4v) is 3.76. The standard InChI is InChI=1S/C13H15FN2O3S/c14-11-2-1-10-8-16(6-3-9(10)7-11)12(17)13(4-5-13)20(15,18)19/h1-2,7H,3-6,8H2,(H2,15,18,19). The van der Waals surface area contributed by atoms with E-state index in [4.69, 9.17) is 5.14 Å². The zero-order chi connectivity index (χ0) is 14.5. The van der Waals surface area contributed by atoms with Crippen molar-refractivity contribution in [3.05, 3.63) is 35.1 Å². The molecule has 1 saturated carbocycles. The molecule has 3 rings (SSSR count). The van der Waals surface area contributed by atoms with Crippen molar-refractivity contribution in [2.75, 3.05) is 6.54 Å². The van der Waals surface area contributed by atoms with E-state index in [0.717, 1.165) is 11.1 Å². The van der Waals surface area contributed by atoms with Gasteiger partial charge in [-0.2, -0.15) is 0 Å². The third-order valence-corrected chi connectivity index (χ3v) is 5.78. The third kappa shape index (κ3) is 2.01. The lowest BCUT2D eigenvalue weighted by Crippen LogP contribution is -2.48. The highest BCUT2D eigenvalue weighted by Gasteiger charge is 2.61. The molecule has 20 heavy (non-hydrogen) atoms. The lowest BCUT2D eigenvalue weighted by atomic mass is 9.99. The van der Waals surface area contributed by atoms with Crippen molar-refractivity contribution >= 4 is 15.9 Å². The number of carbonyl (C=O) groups excluding carboxylic acids is 1. The van der Waals surface area contributed by atoms with Crippen LogP contribution in [0.2, 0.25) is 0 Å². The maximum absolute atomic E-state index is 13.1. The number of primary sulfonamides is 1. The second-order valence-corrected chi connectivity index (χ2v) is 7.30. The summed E-state index contributed by atoms with van der Waals surface area (Å²) in [5.41, 5.74) is 1.73. The fourth-order valence-electron chi connectivity index (χ4n) is 2.72. The molecule has 1 aromatic rings. The quantitative estimate of drug-likeness (QED) is 0.865. The van der Waals surface area contributed by atoms with Gasteiger partial charge in [-0.15, -0.1) is 0 Å². The molecule has 0 aromatic heterocycles. The van der Waals surface area contributed by atoms with Crippen LogP contribution in [0.5, 0.6) is 0 Å². The predicted molar refractivity (Wildman–Crippen MR) is 70.6 cm³/mol. The number of fused-ring (bicyclic) bond motifs is 1. The van der Waals surface area contributed by atoms with Gasteiger partial charge in [0, 0.05) is 13.1 Å². The topological polar surface area (TPSA) is 80.5 Å². The van der Waals surface area contributed by atoms with Gasteiger partial charge in [0.05, 0.1) is 0 Å². The number of rotatable bonds is 2. The monoisotopic (exact) mass is 298 g/mol. The lowest BCUT2D eigenvalue weighted by Gasteiger charge is -2.31. The predicted octanol–water partition coefficient (Wildman–Crippen LogP) is 0.532. The molecule has 1 amide bonds. The largest absolute Gasteiger partial charge is 0.337 e. The van der Waals surface area contributed by atoms with E-state index >= 15 is 0 Å². The van der Waals surface area contributed by atoms with Crippen molar-refractivity contribution in [1.82, 2.24) is 4.90 Å². The lowest BCUT2D eigenvalue weighted by molar-refractivity contribution is -0.132. The van der Waals surface area contributed by atoms with Gasteiger partial charge in [-0.3, -0.25) is 4.79 Å². The Labute approximate surface area is 116 Å². The van der Waals surface area contributed by atoms with Crippen LogP contribution in [0.25, 0.3) is 0 Å². The molecule has 0 saturated heterocycles. The molecular formula is C13H15FN2O3S. The van der Waals surface area contributed by atoms with Gasteiger partial charge < -0.3 is 4.90 Å². The van der Waals surface area contributed by atoms with Crippen molar-refractivity contribution in [2.24, 2.45) is 5.14 Å². The molecule has 0 unspecified atom stereocenters. The number of amides is 1. The van der Waals surface area contributed by atoms with Crippen LogP contribution in [-0.4, -0.2) is 30.5 Å². The first-order valence-corrected chi connectivity index (χ1v) is 7.97. The molecular weight excluding hydrogens is 283 g/mol. The summed E-state index contributed by atoms with van der Waals surface area (Å²) in [6, 6.07) is 4.45. The van der Waals surface area contributed by atoms with E-state index < -0.39 is 20.7 Å². The second-order valence-electron chi connectivity index (χ2n) is 5.43. The summed E-state index contributed by atoms with van der Waals surface area (Å²) >= 11 is 0. The first kappa shape index (κ1) is 13.5. The zero-order valence-electron chi connectivity index (χ0n) is 10.8. The van der Waals surface area contributed by atoms with E-state index in [1.165, 1.54) is 17.0 Å². The average Bonchev–Trinajstić information content (AvgIpc) is 3.18. The van der Waals surface area contributed by atoms with Crippen molar-refractivity contribution in [3.63, 3.8) is 0 Å². The van der Waals surface area contributed by atoms with Crippen molar-refractivity contribution < 1.29 is 17.6 Å². The molecule has 1 fully saturated rings. The van der Waals surface area contributed by atoms with Crippen LogP contribution in [0.15, 0.2) is 18.2 Å². The molecule has 1 aliphatic carbocycles. The molecule has 0 bridgehead atoms. The minimum absolute atomic E-state index is 0.289.